The first-order valence-electron chi connectivity index (χ1n) is 8.97. The van der Waals surface area contributed by atoms with Crippen molar-refractivity contribution in [3.8, 4) is 11.5 Å². The number of ether oxygens (including phenoxy) is 2. The van der Waals surface area contributed by atoms with Crippen LogP contribution in [-0.4, -0.2) is 42.1 Å². The van der Waals surface area contributed by atoms with Crippen LogP contribution in [0.4, 0.5) is 0 Å². The number of nitrogens with zero attached hydrogens (tertiary/aromatic N) is 1. The van der Waals surface area contributed by atoms with Gasteiger partial charge in [-0.1, -0.05) is 24.3 Å². The van der Waals surface area contributed by atoms with Crippen molar-refractivity contribution in [3.05, 3.63) is 59.2 Å². The number of aliphatic carboxylic acids is 1. The fourth-order valence-electron chi connectivity index (χ4n) is 3.45. The Morgan fingerprint density at radius 2 is 1.93 bits per heavy atom. The molecule has 1 aliphatic carbocycles. The molecule has 0 aliphatic heterocycles. The van der Waals surface area contributed by atoms with Gasteiger partial charge in [-0.15, -0.1) is 0 Å². The number of hydrogen-bond donors (Lipinski definition) is 1. The van der Waals surface area contributed by atoms with E-state index in [0.717, 1.165) is 12.8 Å². The summed E-state index contributed by atoms with van der Waals surface area (Å²) in [7, 11) is 1.81. The van der Waals surface area contributed by atoms with E-state index in [-0.39, 0.29) is 11.9 Å². The van der Waals surface area contributed by atoms with Crippen LogP contribution in [0.5, 0.6) is 11.5 Å². The summed E-state index contributed by atoms with van der Waals surface area (Å²) in [5, 5.41) is 8.79. The van der Waals surface area contributed by atoms with Gasteiger partial charge in [-0.2, -0.15) is 0 Å². The molecule has 0 fully saturated rings. The van der Waals surface area contributed by atoms with Crippen molar-refractivity contribution in [1.29, 1.82) is 0 Å². The van der Waals surface area contributed by atoms with Crippen molar-refractivity contribution in [2.24, 2.45) is 0 Å². The van der Waals surface area contributed by atoms with Crippen LogP contribution < -0.4 is 9.47 Å². The van der Waals surface area contributed by atoms with E-state index in [1.807, 2.05) is 26.1 Å². The molecule has 3 rings (SSSR count). The number of hydrogen-bond acceptors (Lipinski definition) is 4. The predicted octanol–water partition coefficient (Wildman–Crippen LogP) is 3.31. The third-order valence-electron chi connectivity index (χ3n) is 4.73. The molecule has 2 aromatic rings. The second-order valence-corrected chi connectivity index (χ2v) is 6.45. The number of carbonyl (C=O) groups is 2. The van der Waals surface area contributed by atoms with Crippen LogP contribution in [0.25, 0.3) is 0 Å². The average molecular weight is 369 g/mol. The van der Waals surface area contributed by atoms with Gasteiger partial charge in [-0.25, -0.2) is 4.79 Å². The number of amides is 1. The first-order chi connectivity index (χ1) is 13.0. The zero-order valence-corrected chi connectivity index (χ0v) is 15.5. The number of benzene rings is 2. The molecule has 142 valence electrons. The molecule has 0 heterocycles. The summed E-state index contributed by atoms with van der Waals surface area (Å²) in [5.74, 6) is -0.505. The molecular formula is C21H23NO5. The average Bonchev–Trinajstić information content (AvgIpc) is 3.10. The maximum absolute atomic E-state index is 13.0. The lowest BCUT2D eigenvalue weighted by molar-refractivity contribution is -0.139. The number of aryl methyl sites for hydroxylation is 1. The SMILES string of the molecule is CCOc1cc(C(=O)N(C)[C@H]2CCc3ccccc32)ccc1OCC(=O)O. The highest BCUT2D eigenvalue weighted by atomic mass is 16.5. The molecule has 27 heavy (non-hydrogen) atoms. The van der Waals surface area contributed by atoms with Gasteiger partial charge >= 0.3 is 5.97 Å². The van der Waals surface area contributed by atoms with Gasteiger partial charge < -0.3 is 19.5 Å². The largest absolute Gasteiger partial charge is 0.490 e. The first-order valence-corrected chi connectivity index (χ1v) is 8.97. The van der Waals surface area contributed by atoms with Crippen molar-refractivity contribution < 1.29 is 24.2 Å². The highest BCUT2D eigenvalue weighted by Gasteiger charge is 2.29. The normalized spacial score (nSPS) is 15.1. The van der Waals surface area contributed by atoms with Gasteiger partial charge in [0.15, 0.2) is 18.1 Å². The number of fused-ring (bicyclic) bond motifs is 1. The molecule has 0 saturated heterocycles. The van der Waals surface area contributed by atoms with Crippen molar-refractivity contribution >= 4 is 11.9 Å². The zero-order valence-electron chi connectivity index (χ0n) is 15.5. The molecule has 1 atom stereocenters. The van der Waals surface area contributed by atoms with Gasteiger partial charge in [0, 0.05) is 12.6 Å². The molecule has 0 saturated carbocycles. The van der Waals surface area contributed by atoms with Crippen LogP contribution in [0.1, 0.15) is 40.9 Å². The Balaban J connectivity index is 1.81. The Morgan fingerprint density at radius 1 is 1.15 bits per heavy atom. The number of carboxylic acids is 1. The van der Waals surface area contributed by atoms with Gasteiger partial charge in [-0.3, -0.25) is 4.79 Å². The second-order valence-electron chi connectivity index (χ2n) is 6.45. The van der Waals surface area contributed by atoms with Gasteiger partial charge in [0.2, 0.25) is 0 Å². The van der Waals surface area contributed by atoms with E-state index in [1.165, 1.54) is 11.1 Å². The molecular weight excluding hydrogens is 346 g/mol. The van der Waals surface area contributed by atoms with Gasteiger partial charge in [0.1, 0.15) is 0 Å². The molecule has 1 aliphatic rings. The van der Waals surface area contributed by atoms with E-state index in [2.05, 4.69) is 12.1 Å². The minimum absolute atomic E-state index is 0.0483. The number of rotatable bonds is 7. The second kappa shape index (κ2) is 8.12. The molecule has 6 nitrogen and oxygen atoms in total. The van der Waals surface area contributed by atoms with Gasteiger partial charge in [0.05, 0.1) is 12.6 Å². The lowest BCUT2D eigenvalue weighted by Crippen LogP contribution is -2.30. The summed E-state index contributed by atoms with van der Waals surface area (Å²) < 4.78 is 10.8. The number of carbonyl (C=O) groups excluding carboxylic acids is 1. The maximum atomic E-state index is 13.0. The van der Waals surface area contributed by atoms with Crippen LogP contribution in [0.2, 0.25) is 0 Å². The molecule has 0 aromatic heterocycles. The molecule has 1 amide bonds. The topological polar surface area (TPSA) is 76.1 Å². The minimum atomic E-state index is -1.07. The summed E-state index contributed by atoms with van der Waals surface area (Å²) in [6, 6.07) is 13.1. The minimum Gasteiger partial charge on any atom is -0.490 e. The first kappa shape index (κ1) is 18.8. The van der Waals surface area contributed by atoms with Crippen molar-refractivity contribution in [2.75, 3.05) is 20.3 Å². The third-order valence-corrected chi connectivity index (χ3v) is 4.73. The smallest absolute Gasteiger partial charge is 0.341 e. The monoisotopic (exact) mass is 369 g/mol. The summed E-state index contributed by atoms with van der Waals surface area (Å²) >= 11 is 0. The molecule has 0 radical (unpaired) electrons. The molecule has 0 spiro atoms. The molecule has 0 bridgehead atoms. The summed E-state index contributed by atoms with van der Waals surface area (Å²) in [4.78, 5) is 25.5. The highest BCUT2D eigenvalue weighted by Crippen LogP contribution is 2.36. The predicted molar refractivity (Wildman–Crippen MR) is 100 cm³/mol. The Kier molecular flexibility index (Phi) is 5.64. The Hall–Kier alpha value is -3.02. The fourth-order valence-corrected chi connectivity index (χ4v) is 3.45. The lowest BCUT2D eigenvalue weighted by Gasteiger charge is -2.26. The fraction of sp³-hybridized carbons (Fsp3) is 0.333. The van der Waals surface area contributed by atoms with Crippen LogP contribution >= 0.6 is 0 Å². The lowest BCUT2D eigenvalue weighted by atomic mass is 10.1. The van der Waals surface area contributed by atoms with Crippen molar-refractivity contribution in [3.63, 3.8) is 0 Å². The van der Waals surface area contributed by atoms with Crippen LogP contribution in [0, 0.1) is 0 Å². The van der Waals surface area contributed by atoms with Gasteiger partial charge in [0.25, 0.3) is 5.91 Å². The van der Waals surface area contributed by atoms with E-state index >= 15 is 0 Å². The molecule has 6 heteroatoms. The Bertz CT molecular complexity index is 848. The van der Waals surface area contributed by atoms with Crippen molar-refractivity contribution in [1.82, 2.24) is 4.90 Å². The van der Waals surface area contributed by atoms with Crippen molar-refractivity contribution in [2.45, 2.75) is 25.8 Å². The van der Waals surface area contributed by atoms with E-state index < -0.39 is 12.6 Å². The summed E-state index contributed by atoms with van der Waals surface area (Å²) in [6.45, 7) is 1.73. The zero-order chi connectivity index (χ0) is 19.4. The Labute approximate surface area is 158 Å². The Morgan fingerprint density at radius 3 is 2.67 bits per heavy atom. The number of carboxylic acid groups (broad SMARTS) is 1. The van der Waals surface area contributed by atoms with E-state index in [0.29, 0.717) is 23.7 Å². The standard InChI is InChI=1S/C21H23NO5/c1-3-26-19-12-15(9-11-18(19)27-13-20(23)24)21(25)22(2)17-10-8-14-6-4-5-7-16(14)17/h4-7,9,11-12,17H,3,8,10,13H2,1-2H3,(H,23,24)/t17-/m0/s1. The summed E-state index contributed by atoms with van der Waals surface area (Å²) in [6.07, 6.45) is 1.87. The van der Waals surface area contributed by atoms with Crippen LogP contribution in [0.3, 0.4) is 0 Å². The quantitative estimate of drug-likeness (QED) is 0.810. The highest BCUT2D eigenvalue weighted by molar-refractivity contribution is 5.95. The van der Waals surface area contributed by atoms with E-state index in [9.17, 15) is 9.59 Å². The van der Waals surface area contributed by atoms with Gasteiger partial charge in [-0.05, 0) is 49.1 Å². The van der Waals surface area contributed by atoms with E-state index in [4.69, 9.17) is 14.6 Å². The molecule has 2 aromatic carbocycles. The third kappa shape index (κ3) is 4.05. The molecule has 0 unspecified atom stereocenters. The summed E-state index contributed by atoms with van der Waals surface area (Å²) in [5.41, 5.74) is 2.96. The van der Waals surface area contributed by atoms with Crippen LogP contribution in [-0.2, 0) is 11.2 Å². The maximum Gasteiger partial charge on any atom is 0.341 e. The van der Waals surface area contributed by atoms with E-state index in [1.54, 1.807) is 23.1 Å². The van der Waals surface area contributed by atoms with Crippen LogP contribution in [0.15, 0.2) is 42.5 Å². The molecule has 1 N–H and O–H groups in total.